The van der Waals surface area contributed by atoms with Crippen LogP contribution in [-0.2, 0) is 18.4 Å². The molecule has 2 aromatic rings. The molecule has 94 valence electrons. The third kappa shape index (κ3) is 3.10. The van der Waals surface area contributed by atoms with Gasteiger partial charge in [-0.15, -0.1) is 0 Å². The number of aromatic nitrogens is 2. The number of nitrogens with zero attached hydrogens (tertiary/aromatic N) is 2. The molecule has 0 aliphatic carbocycles. The van der Waals surface area contributed by atoms with Crippen molar-refractivity contribution in [3.63, 3.8) is 0 Å². The van der Waals surface area contributed by atoms with Crippen LogP contribution in [0.1, 0.15) is 12.6 Å². The molecular weight excluding hydrogens is 228 g/mol. The van der Waals surface area contributed by atoms with Crippen molar-refractivity contribution in [2.75, 3.05) is 10.6 Å². The molecule has 0 fully saturated rings. The van der Waals surface area contributed by atoms with Gasteiger partial charge >= 0.3 is 0 Å². The quantitative estimate of drug-likeness (QED) is 0.864. The number of amides is 1. The van der Waals surface area contributed by atoms with E-state index in [4.69, 9.17) is 0 Å². The minimum absolute atomic E-state index is 0.0706. The van der Waals surface area contributed by atoms with E-state index in [1.54, 1.807) is 6.20 Å². The van der Waals surface area contributed by atoms with Gasteiger partial charge in [0.15, 0.2) is 0 Å². The number of aryl methyl sites for hydroxylation is 1. The molecule has 0 atom stereocenters. The van der Waals surface area contributed by atoms with Gasteiger partial charge in [-0.1, -0.05) is 6.07 Å². The van der Waals surface area contributed by atoms with E-state index in [2.05, 4.69) is 15.7 Å². The summed E-state index contributed by atoms with van der Waals surface area (Å²) in [5, 5.41) is 10.1. The van der Waals surface area contributed by atoms with Crippen LogP contribution in [0.25, 0.3) is 0 Å². The highest BCUT2D eigenvalue weighted by Crippen LogP contribution is 2.15. The SMILES string of the molecule is CC(=O)Nc1cccc(NCc2ccnn2C)c1. The highest BCUT2D eigenvalue weighted by molar-refractivity contribution is 5.89. The van der Waals surface area contributed by atoms with Gasteiger partial charge in [0.1, 0.15) is 0 Å². The zero-order valence-electron chi connectivity index (χ0n) is 10.5. The van der Waals surface area contributed by atoms with Crippen molar-refractivity contribution in [2.24, 2.45) is 7.05 Å². The van der Waals surface area contributed by atoms with Crippen molar-refractivity contribution >= 4 is 17.3 Å². The molecule has 2 rings (SSSR count). The third-order valence-electron chi connectivity index (χ3n) is 2.58. The highest BCUT2D eigenvalue weighted by Gasteiger charge is 2.00. The molecule has 1 aromatic carbocycles. The molecule has 0 aliphatic rings. The van der Waals surface area contributed by atoms with E-state index < -0.39 is 0 Å². The first-order valence-electron chi connectivity index (χ1n) is 5.73. The summed E-state index contributed by atoms with van der Waals surface area (Å²) in [7, 11) is 1.91. The second kappa shape index (κ2) is 5.35. The number of carbonyl (C=O) groups excluding carboxylic acids is 1. The summed E-state index contributed by atoms with van der Waals surface area (Å²) in [6.07, 6.45) is 1.77. The van der Waals surface area contributed by atoms with Gasteiger partial charge in [-0.3, -0.25) is 9.48 Å². The Morgan fingerprint density at radius 3 is 2.78 bits per heavy atom. The molecule has 2 N–H and O–H groups in total. The zero-order chi connectivity index (χ0) is 13.0. The first kappa shape index (κ1) is 12.2. The van der Waals surface area contributed by atoms with Crippen molar-refractivity contribution in [3.05, 3.63) is 42.2 Å². The third-order valence-corrected chi connectivity index (χ3v) is 2.58. The zero-order valence-corrected chi connectivity index (χ0v) is 10.5. The van der Waals surface area contributed by atoms with Crippen LogP contribution in [0.5, 0.6) is 0 Å². The van der Waals surface area contributed by atoms with Crippen molar-refractivity contribution < 1.29 is 4.79 Å². The van der Waals surface area contributed by atoms with Crippen LogP contribution in [0.15, 0.2) is 36.5 Å². The molecule has 0 unspecified atom stereocenters. The Morgan fingerprint density at radius 2 is 2.11 bits per heavy atom. The van der Waals surface area contributed by atoms with Crippen LogP contribution in [0.2, 0.25) is 0 Å². The monoisotopic (exact) mass is 244 g/mol. The Bertz CT molecular complexity index is 547. The van der Waals surface area contributed by atoms with E-state index in [1.807, 2.05) is 42.1 Å². The maximum atomic E-state index is 11.0. The Balaban J connectivity index is 2.01. The van der Waals surface area contributed by atoms with Crippen LogP contribution in [0.4, 0.5) is 11.4 Å². The van der Waals surface area contributed by atoms with Crippen molar-refractivity contribution in [2.45, 2.75) is 13.5 Å². The number of nitrogens with one attached hydrogen (secondary N) is 2. The molecule has 0 saturated carbocycles. The van der Waals surface area contributed by atoms with E-state index in [-0.39, 0.29) is 5.91 Å². The molecule has 1 aromatic heterocycles. The lowest BCUT2D eigenvalue weighted by atomic mass is 10.2. The molecule has 0 spiro atoms. The predicted octanol–water partition coefficient (Wildman–Crippen LogP) is 1.99. The Kier molecular flexibility index (Phi) is 3.62. The van der Waals surface area contributed by atoms with Gasteiger partial charge in [-0.05, 0) is 24.3 Å². The molecule has 0 radical (unpaired) electrons. The number of carbonyl (C=O) groups is 1. The maximum absolute atomic E-state index is 11.0. The van der Waals surface area contributed by atoms with Crippen molar-refractivity contribution in [1.29, 1.82) is 0 Å². The topological polar surface area (TPSA) is 59.0 Å². The van der Waals surface area contributed by atoms with Gasteiger partial charge < -0.3 is 10.6 Å². The fraction of sp³-hybridized carbons (Fsp3) is 0.231. The molecular formula is C13H16N4O. The lowest BCUT2D eigenvalue weighted by Crippen LogP contribution is -2.07. The molecule has 0 aliphatic heterocycles. The first-order valence-corrected chi connectivity index (χ1v) is 5.73. The second-order valence-corrected chi connectivity index (χ2v) is 4.06. The van der Waals surface area contributed by atoms with Crippen LogP contribution in [0, 0.1) is 0 Å². The second-order valence-electron chi connectivity index (χ2n) is 4.06. The smallest absolute Gasteiger partial charge is 0.221 e. The summed E-state index contributed by atoms with van der Waals surface area (Å²) in [4.78, 5) is 11.0. The summed E-state index contributed by atoms with van der Waals surface area (Å²) in [5.74, 6) is -0.0706. The summed E-state index contributed by atoms with van der Waals surface area (Å²) in [6, 6.07) is 9.58. The summed E-state index contributed by atoms with van der Waals surface area (Å²) < 4.78 is 1.82. The molecule has 5 nitrogen and oxygen atoms in total. The average Bonchev–Trinajstić information content (AvgIpc) is 2.72. The van der Waals surface area contributed by atoms with Gasteiger partial charge in [-0.2, -0.15) is 5.10 Å². The largest absolute Gasteiger partial charge is 0.379 e. The normalized spacial score (nSPS) is 10.1. The van der Waals surface area contributed by atoms with E-state index in [9.17, 15) is 4.79 Å². The fourth-order valence-electron chi connectivity index (χ4n) is 1.68. The van der Waals surface area contributed by atoms with E-state index in [1.165, 1.54) is 6.92 Å². The van der Waals surface area contributed by atoms with Crippen LogP contribution >= 0.6 is 0 Å². The maximum Gasteiger partial charge on any atom is 0.221 e. The van der Waals surface area contributed by atoms with Gasteiger partial charge in [0.05, 0.1) is 12.2 Å². The Labute approximate surface area is 106 Å². The van der Waals surface area contributed by atoms with Crippen LogP contribution in [0.3, 0.4) is 0 Å². The summed E-state index contributed by atoms with van der Waals surface area (Å²) in [5.41, 5.74) is 2.85. The number of hydrogen-bond donors (Lipinski definition) is 2. The Morgan fingerprint density at radius 1 is 1.33 bits per heavy atom. The van der Waals surface area contributed by atoms with Crippen molar-refractivity contribution in [1.82, 2.24) is 9.78 Å². The Hall–Kier alpha value is -2.30. The lowest BCUT2D eigenvalue weighted by molar-refractivity contribution is -0.114. The minimum Gasteiger partial charge on any atom is -0.379 e. The van der Waals surface area contributed by atoms with Crippen molar-refractivity contribution in [3.8, 4) is 0 Å². The van der Waals surface area contributed by atoms with Gasteiger partial charge in [0.2, 0.25) is 5.91 Å². The number of benzene rings is 1. The molecule has 1 amide bonds. The number of anilines is 2. The van der Waals surface area contributed by atoms with Gasteiger partial charge in [0, 0.05) is 31.5 Å². The van der Waals surface area contributed by atoms with E-state index in [0.29, 0.717) is 6.54 Å². The first-order chi connectivity index (χ1) is 8.65. The molecule has 5 heteroatoms. The van der Waals surface area contributed by atoms with E-state index >= 15 is 0 Å². The molecule has 0 saturated heterocycles. The molecule has 18 heavy (non-hydrogen) atoms. The van der Waals surface area contributed by atoms with Gasteiger partial charge in [0.25, 0.3) is 0 Å². The average molecular weight is 244 g/mol. The molecule has 1 heterocycles. The predicted molar refractivity (Wildman–Crippen MR) is 71.3 cm³/mol. The van der Waals surface area contributed by atoms with Crippen LogP contribution in [-0.4, -0.2) is 15.7 Å². The van der Waals surface area contributed by atoms with Crippen LogP contribution < -0.4 is 10.6 Å². The fourth-order valence-corrected chi connectivity index (χ4v) is 1.68. The summed E-state index contributed by atoms with van der Waals surface area (Å²) in [6.45, 7) is 2.19. The summed E-state index contributed by atoms with van der Waals surface area (Å²) >= 11 is 0. The lowest BCUT2D eigenvalue weighted by Gasteiger charge is -2.08. The number of rotatable bonds is 4. The highest BCUT2D eigenvalue weighted by atomic mass is 16.1. The standard InChI is InChI=1S/C13H16N4O/c1-10(18)16-12-5-3-4-11(8-12)14-9-13-6-7-15-17(13)2/h3-8,14H,9H2,1-2H3,(H,16,18). The van der Waals surface area contributed by atoms with E-state index in [0.717, 1.165) is 17.1 Å². The minimum atomic E-state index is -0.0706. The van der Waals surface area contributed by atoms with Gasteiger partial charge in [-0.25, -0.2) is 0 Å². The molecule has 0 bridgehead atoms. The number of hydrogen-bond acceptors (Lipinski definition) is 3.